The standard InChI is InChI=1S/C12H16N2O5/c1-2-3-7(12(18)19)6-13-11(17)8-4-9(15)14-10(16)5-8/h4-5,7H,2-3,6H2,1H3,(H,13,17)(H,18,19)(H2,14,15,16). The van der Waals surface area contributed by atoms with Crippen molar-refractivity contribution in [3.63, 3.8) is 0 Å². The fourth-order valence-electron chi connectivity index (χ4n) is 1.64. The molecule has 1 unspecified atom stereocenters. The number of hydrogen-bond acceptors (Lipinski definition) is 4. The molecule has 0 saturated carbocycles. The van der Waals surface area contributed by atoms with Gasteiger partial charge in [0.25, 0.3) is 11.5 Å². The van der Waals surface area contributed by atoms with E-state index >= 15 is 0 Å². The van der Waals surface area contributed by atoms with Crippen molar-refractivity contribution in [3.05, 3.63) is 28.0 Å². The van der Waals surface area contributed by atoms with Crippen LogP contribution in [-0.4, -0.2) is 33.6 Å². The van der Waals surface area contributed by atoms with Crippen LogP contribution in [0.15, 0.2) is 16.9 Å². The predicted molar refractivity (Wildman–Crippen MR) is 67.1 cm³/mol. The number of H-pyrrole nitrogens is 1. The van der Waals surface area contributed by atoms with Gasteiger partial charge < -0.3 is 15.5 Å². The summed E-state index contributed by atoms with van der Waals surface area (Å²) in [4.78, 5) is 35.8. The van der Waals surface area contributed by atoms with E-state index in [1.54, 1.807) is 0 Å². The zero-order chi connectivity index (χ0) is 14.4. The number of carboxylic acids is 1. The number of aromatic amines is 1. The average molecular weight is 268 g/mol. The highest BCUT2D eigenvalue weighted by Crippen LogP contribution is 2.07. The lowest BCUT2D eigenvalue weighted by molar-refractivity contribution is -0.141. The lowest BCUT2D eigenvalue weighted by atomic mass is 10.0. The van der Waals surface area contributed by atoms with Crippen molar-refractivity contribution in [2.45, 2.75) is 19.8 Å². The third kappa shape index (κ3) is 4.46. The molecular weight excluding hydrogens is 252 g/mol. The van der Waals surface area contributed by atoms with E-state index in [0.717, 1.165) is 12.1 Å². The fourth-order valence-corrected chi connectivity index (χ4v) is 1.64. The second-order valence-corrected chi connectivity index (χ2v) is 4.15. The first-order valence-corrected chi connectivity index (χ1v) is 5.88. The summed E-state index contributed by atoms with van der Waals surface area (Å²) in [5.74, 6) is -2.65. The van der Waals surface area contributed by atoms with E-state index in [1.807, 2.05) is 6.92 Å². The minimum Gasteiger partial charge on any atom is -0.494 e. The van der Waals surface area contributed by atoms with Gasteiger partial charge in [0.2, 0.25) is 0 Å². The molecule has 19 heavy (non-hydrogen) atoms. The fraction of sp³-hybridized carbons (Fsp3) is 0.417. The zero-order valence-corrected chi connectivity index (χ0v) is 10.5. The normalized spacial score (nSPS) is 11.8. The molecule has 0 spiro atoms. The van der Waals surface area contributed by atoms with Crippen LogP contribution in [0.2, 0.25) is 0 Å². The first kappa shape index (κ1) is 14.7. The number of aliphatic carboxylic acids is 1. The number of hydrogen-bond donors (Lipinski definition) is 4. The van der Waals surface area contributed by atoms with Crippen molar-refractivity contribution in [3.8, 4) is 5.88 Å². The number of nitrogens with one attached hydrogen (secondary N) is 2. The van der Waals surface area contributed by atoms with Gasteiger partial charge in [-0.2, -0.15) is 0 Å². The molecule has 0 aliphatic rings. The Bertz CT molecular complexity index is 523. The van der Waals surface area contributed by atoms with Crippen LogP contribution in [0.5, 0.6) is 5.88 Å². The molecule has 7 nitrogen and oxygen atoms in total. The lowest BCUT2D eigenvalue weighted by Crippen LogP contribution is -2.33. The smallest absolute Gasteiger partial charge is 0.308 e. The maximum absolute atomic E-state index is 11.7. The number of aromatic nitrogens is 1. The zero-order valence-electron chi connectivity index (χ0n) is 10.5. The van der Waals surface area contributed by atoms with Gasteiger partial charge in [0.15, 0.2) is 5.88 Å². The van der Waals surface area contributed by atoms with E-state index in [2.05, 4.69) is 10.3 Å². The van der Waals surface area contributed by atoms with Crippen molar-refractivity contribution in [1.82, 2.24) is 10.3 Å². The SMILES string of the molecule is CCCC(CNC(=O)c1cc(O)[nH]c(=O)c1)C(=O)O. The Balaban J connectivity index is 2.69. The van der Waals surface area contributed by atoms with Gasteiger partial charge in [0.05, 0.1) is 11.5 Å². The third-order valence-corrected chi connectivity index (χ3v) is 2.59. The summed E-state index contributed by atoms with van der Waals surface area (Å²) in [6.45, 7) is 1.84. The van der Waals surface area contributed by atoms with Crippen LogP contribution in [0.1, 0.15) is 30.1 Å². The van der Waals surface area contributed by atoms with Crippen molar-refractivity contribution >= 4 is 11.9 Å². The Kier molecular flexibility index (Phi) is 5.11. The van der Waals surface area contributed by atoms with Crippen LogP contribution >= 0.6 is 0 Å². The molecule has 1 aromatic heterocycles. The van der Waals surface area contributed by atoms with Gasteiger partial charge in [-0.05, 0) is 6.42 Å². The van der Waals surface area contributed by atoms with Crippen LogP contribution in [0.4, 0.5) is 0 Å². The Morgan fingerprint density at radius 2 is 2.11 bits per heavy atom. The van der Waals surface area contributed by atoms with Gasteiger partial charge in [-0.1, -0.05) is 13.3 Å². The molecule has 1 heterocycles. The molecule has 0 radical (unpaired) electrons. The quantitative estimate of drug-likeness (QED) is 0.592. The summed E-state index contributed by atoms with van der Waals surface area (Å²) in [6, 6.07) is 2.14. The second kappa shape index (κ2) is 6.58. The van der Waals surface area contributed by atoms with Crippen molar-refractivity contribution in [2.24, 2.45) is 5.92 Å². The minimum atomic E-state index is -0.976. The Labute approximate surface area is 109 Å². The highest BCUT2D eigenvalue weighted by Gasteiger charge is 2.18. The number of rotatable bonds is 6. The minimum absolute atomic E-state index is 0.0121. The summed E-state index contributed by atoms with van der Waals surface area (Å²) in [5.41, 5.74) is -0.615. The van der Waals surface area contributed by atoms with Gasteiger partial charge in [-0.3, -0.25) is 19.4 Å². The van der Waals surface area contributed by atoms with Gasteiger partial charge in [-0.15, -0.1) is 0 Å². The van der Waals surface area contributed by atoms with Gasteiger partial charge in [0, 0.05) is 18.7 Å². The number of carboxylic acid groups (broad SMARTS) is 1. The largest absolute Gasteiger partial charge is 0.494 e. The van der Waals surface area contributed by atoms with Gasteiger partial charge in [-0.25, -0.2) is 0 Å². The van der Waals surface area contributed by atoms with Crippen molar-refractivity contribution in [1.29, 1.82) is 0 Å². The molecule has 0 saturated heterocycles. The predicted octanol–water partition coefficient (Wildman–Crippen LogP) is 0.311. The van der Waals surface area contributed by atoms with Crippen LogP contribution in [0.3, 0.4) is 0 Å². The highest BCUT2D eigenvalue weighted by atomic mass is 16.4. The molecule has 1 rings (SSSR count). The van der Waals surface area contributed by atoms with Crippen LogP contribution < -0.4 is 10.9 Å². The van der Waals surface area contributed by atoms with Crippen LogP contribution in [0.25, 0.3) is 0 Å². The molecular formula is C12H16N2O5. The Hall–Kier alpha value is -2.31. The second-order valence-electron chi connectivity index (χ2n) is 4.15. The average Bonchev–Trinajstić information content (AvgIpc) is 2.32. The molecule has 0 aliphatic heterocycles. The summed E-state index contributed by atoms with van der Waals surface area (Å²) >= 11 is 0. The topological polar surface area (TPSA) is 119 Å². The molecule has 7 heteroatoms. The maximum Gasteiger partial charge on any atom is 0.308 e. The summed E-state index contributed by atoms with van der Waals surface area (Å²) in [5, 5.41) is 20.5. The van der Waals surface area contributed by atoms with Crippen LogP contribution in [-0.2, 0) is 4.79 Å². The first-order valence-electron chi connectivity index (χ1n) is 5.88. The monoisotopic (exact) mass is 268 g/mol. The van der Waals surface area contributed by atoms with Crippen LogP contribution in [0, 0.1) is 5.92 Å². The Morgan fingerprint density at radius 1 is 1.42 bits per heavy atom. The molecule has 1 aromatic rings. The number of carbonyl (C=O) groups is 2. The molecule has 0 aromatic carbocycles. The summed E-state index contributed by atoms with van der Waals surface area (Å²) in [6.07, 6.45) is 1.15. The van der Waals surface area contributed by atoms with Crippen molar-refractivity contribution in [2.75, 3.05) is 6.54 Å². The van der Waals surface area contributed by atoms with E-state index in [1.165, 1.54) is 0 Å². The third-order valence-electron chi connectivity index (χ3n) is 2.59. The summed E-state index contributed by atoms with van der Waals surface area (Å²) in [7, 11) is 0. The highest BCUT2D eigenvalue weighted by molar-refractivity contribution is 5.94. The maximum atomic E-state index is 11.7. The molecule has 0 bridgehead atoms. The van der Waals surface area contributed by atoms with E-state index in [9.17, 15) is 14.4 Å². The van der Waals surface area contributed by atoms with E-state index in [0.29, 0.717) is 12.8 Å². The molecule has 1 atom stereocenters. The molecule has 0 fully saturated rings. The molecule has 0 aliphatic carbocycles. The number of carbonyl (C=O) groups excluding carboxylic acids is 1. The first-order chi connectivity index (χ1) is 8.93. The van der Waals surface area contributed by atoms with E-state index in [4.69, 9.17) is 10.2 Å². The summed E-state index contributed by atoms with van der Waals surface area (Å²) < 4.78 is 0. The lowest BCUT2D eigenvalue weighted by Gasteiger charge is -2.12. The number of aromatic hydroxyl groups is 1. The molecule has 1 amide bonds. The Morgan fingerprint density at radius 3 is 2.63 bits per heavy atom. The number of amides is 1. The van der Waals surface area contributed by atoms with Crippen molar-refractivity contribution < 1.29 is 19.8 Å². The van der Waals surface area contributed by atoms with Gasteiger partial charge in [0.1, 0.15) is 0 Å². The van der Waals surface area contributed by atoms with E-state index < -0.39 is 29.2 Å². The molecule has 4 N–H and O–H groups in total. The molecule has 104 valence electrons. The number of pyridine rings is 1. The van der Waals surface area contributed by atoms with E-state index in [-0.39, 0.29) is 12.1 Å². The van der Waals surface area contributed by atoms with Gasteiger partial charge >= 0.3 is 5.97 Å².